The number of imidazole rings is 1. The Labute approximate surface area is 256 Å². The van der Waals surface area contributed by atoms with Crippen LogP contribution in [0.25, 0.3) is 22.3 Å². The van der Waals surface area contributed by atoms with Crippen LogP contribution in [-0.4, -0.2) is 97.0 Å². The van der Waals surface area contributed by atoms with Crippen molar-refractivity contribution in [3.05, 3.63) is 28.8 Å². The highest BCUT2D eigenvalue weighted by atomic mass is 32.5. The normalized spacial score (nSPS) is 40.0. The van der Waals surface area contributed by atoms with Crippen molar-refractivity contribution >= 4 is 54.5 Å². The Morgan fingerprint density at radius 2 is 2.00 bits per heavy atom. The minimum absolute atomic E-state index is 0.0158. The Bertz CT molecular complexity index is 2010. The number of ether oxygens (including phenoxy) is 1. The molecule has 2 bridgehead atoms. The van der Waals surface area contributed by atoms with Gasteiger partial charge in [0, 0.05) is 11.8 Å². The van der Waals surface area contributed by atoms with E-state index >= 15 is 0 Å². The second-order valence-electron chi connectivity index (χ2n) is 11.5. The van der Waals surface area contributed by atoms with Crippen LogP contribution in [0.15, 0.2) is 17.4 Å². The molecular weight excluding hydrogens is 658 g/mol. The zero-order valence-corrected chi connectivity index (χ0v) is 25.8. The number of nitrogens with two attached hydrogens (primary N) is 1. The van der Waals surface area contributed by atoms with Crippen molar-refractivity contribution in [3.8, 4) is 0 Å². The average molecular weight is 685 g/mol. The predicted octanol–water partition coefficient (Wildman–Crippen LogP) is -0.411. The van der Waals surface area contributed by atoms with Crippen molar-refractivity contribution < 1.29 is 42.3 Å². The van der Waals surface area contributed by atoms with Crippen molar-refractivity contribution in [3.63, 3.8) is 0 Å². The molecule has 4 aliphatic rings. The maximum absolute atomic E-state index is 13.4. The molecule has 1 spiro atoms. The summed E-state index contributed by atoms with van der Waals surface area (Å²) in [7, 11) is -4.80. The van der Waals surface area contributed by atoms with Crippen LogP contribution in [0.2, 0.25) is 0 Å². The molecule has 23 heteroatoms. The molecule has 0 aromatic carbocycles. The number of aromatic nitrogens is 9. The Hall–Kier alpha value is -2.81. The van der Waals surface area contributed by atoms with Gasteiger partial charge in [0.2, 0.25) is 0 Å². The number of nitrogen functional groups attached to an aromatic ring is 1. The summed E-state index contributed by atoms with van der Waals surface area (Å²) in [5.74, 6) is 0.0724. The second-order valence-corrected chi connectivity index (χ2v) is 15.7. The summed E-state index contributed by atoms with van der Waals surface area (Å²) in [6.07, 6.45) is -2.50. The molecule has 240 valence electrons. The molecule has 10 atom stereocenters. The Morgan fingerprint density at radius 1 is 1.18 bits per heavy atom. The molecule has 2 saturated heterocycles. The summed E-state index contributed by atoms with van der Waals surface area (Å²) in [4.78, 5) is 53.7. The fraction of sp³-hybridized carbons (Fsp3) is 0.591. The maximum Gasteiger partial charge on any atom is 0.472 e. The number of hydrogen-bond acceptors (Lipinski definition) is 16. The molecule has 8 rings (SSSR count). The number of nitrogens with one attached hydrogen (secondary N) is 1. The van der Waals surface area contributed by atoms with E-state index in [1.54, 1.807) is 11.5 Å². The van der Waals surface area contributed by atoms with Gasteiger partial charge < -0.3 is 44.0 Å². The van der Waals surface area contributed by atoms with Crippen LogP contribution in [-0.2, 0) is 39.2 Å². The van der Waals surface area contributed by atoms with Crippen LogP contribution in [0, 0.1) is 18.3 Å². The van der Waals surface area contributed by atoms with Crippen LogP contribution in [0.3, 0.4) is 0 Å². The summed E-state index contributed by atoms with van der Waals surface area (Å²) in [5, 5.41) is 19.4. The number of anilines is 1. The number of rotatable bonds is 2. The van der Waals surface area contributed by atoms with Gasteiger partial charge in [-0.25, -0.2) is 24.5 Å². The zero-order chi connectivity index (χ0) is 31.5. The Kier molecular flexibility index (Phi) is 6.64. The third kappa shape index (κ3) is 4.77. The van der Waals surface area contributed by atoms with Crippen molar-refractivity contribution in [1.82, 2.24) is 44.5 Å². The molecule has 2 unspecified atom stereocenters. The molecule has 20 nitrogen and oxygen atoms in total. The molecular formula is C22H26N10O10P2S. The zero-order valence-electron chi connectivity index (χ0n) is 23.2. The molecule has 0 amide bonds. The van der Waals surface area contributed by atoms with Gasteiger partial charge in [0.25, 0.3) is 5.56 Å². The van der Waals surface area contributed by atoms with Crippen LogP contribution in [0.5, 0.6) is 0 Å². The van der Waals surface area contributed by atoms with E-state index in [-0.39, 0.29) is 41.8 Å². The van der Waals surface area contributed by atoms with Gasteiger partial charge in [0.05, 0.1) is 31.7 Å². The van der Waals surface area contributed by atoms with Crippen LogP contribution in [0.1, 0.15) is 30.9 Å². The number of hydrogen-bond donors (Lipinski definition) is 5. The minimum Gasteiger partial charge on any atom is -0.388 e. The van der Waals surface area contributed by atoms with Gasteiger partial charge in [0.15, 0.2) is 28.9 Å². The van der Waals surface area contributed by atoms with E-state index in [1.807, 2.05) is 0 Å². The van der Waals surface area contributed by atoms with Gasteiger partial charge in [0.1, 0.15) is 36.0 Å². The number of fused-ring (bicyclic) bond motifs is 4. The minimum atomic E-state index is -4.80. The lowest BCUT2D eigenvalue weighted by Gasteiger charge is -2.31. The lowest BCUT2D eigenvalue weighted by Crippen LogP contribution is -2.38. The van der Waals surface area contributed by atoms with E-state index in [4.69, 9.17) is 40.4 Å². The highest BCUT2D eigenvalue weighted by molar-refractivity contribution is 8.07. The third-order valence-corrected chi connectivity index (χ3v) is 11.3. The number of aliphatic hydroxyl groups excluding tert-OH is 1. The highest BCUT2D eigenvalue weighted by Crippen LogP contribution is 2.72. The van der Waals surface area contributed by atoms with Gasteiger partial charge in [-0.1, -0.05) is 5.21 Å². The first-order valence-electron chi connectivity index (χ1n) is 13.8. The van der Waals surface area contributed by atoms with Gasteiger partial charge in [-0.3, -0.25) is 13.8 Å². The first-order valence-corrected chi connectivity index (χ1v) is 17.8. The smallest absolute Gasteiger partial charge is 0.388 e. The second kappa shape index (κ2) is 10.1. The van der Waals surface area contributed by atoms with Gasteiger partial charge >= 0.3 is 14.5 Å². The summed E-state index contributed by atoms with van der Waals surface area (Å²) in [6.45, 7) is -3.15. The highest BCUT2D eigenvalue weighted by Gasteiger charge is 2.74. The molecule has 6 heterocycles. The van der Waals surface area contributed by atoms with Gasteiger partial charge in [-0.2, -0.15) is 4.68 Å². The molecule has 4 fully saturated rings. The summed E-state index contributed by atoms with van der Waals surface area (Å²) >= 11 is 5.34. The van der Waals surface area contributed by atoms with E-state index in [0.29, 0.717) is 17.6 Å². The van der Waals surface area contributed by atoms with E-state index in [0.717, 1.165) is 0 Å². The number of nitrogens with zero attached hydrogens (tertiary/aromatic N) is 8. The van der Waals surface area contributed by atoms with Crippen LogP contribution < -0.4 is 11.3 Å². The number of aromatic amines is 1. The monoisotopic (exact) mass is 684 g/mol. The van der Waals surface area contributed by atoms with E-state index in [1.165, 1.54) is 17.3 Å². The first kappa shape index (κ1) is 29.6. The van der Waals surface area contributed by atoms with Crippen molar-refractivity contribution in [2.75, 3.05) is 18.9 Å². The van der Waals surface area contributed by atoms with Crippen molar-refractivity contribution in [2.45, 2.75) is 56.5 Å². The molecule has 4 aromatic rings. The largest absolute Gasteiger partial charge is 0.472 e. The lowest BCUT2D eigenvalue weighted by molar-refractivity contribution is -0.0654. The quantitative estimate of drug-likeness (QED) is 0.168. The number of aliphatic hydroxyl groups is 1. The van der Waals surface area contributed by atoms with Gasteiger partial charge in [-0.05, 0) is 31.1 Å². The van der Waals surface area contributed by atoms with Crippen molar-refractivity contribution in [2.24, 2.45) is 11.3 Å². The Balaban J connectivity index is 1.12. The average Bonchev–Trinajstić information content (AvgIpc) is 3.31. The molecule has 45 heavy (non-hydrogen) atoms. The fourth-order valence-electron chi connectivity index (χ4n) is 6.77. The van der Waals surface area contributed by atoms with Crippen molar-refractivity contribution in [1.29, 1.82) is 0 Å². The first-order chi connectivity index (χ1) is 21.4. The number of phosphoric acid groups is 1. The molecule has 2 saturated carbocycles. The summed E-state index contributed by atoms with van der Waals surface area (Å²) < 4.78 is 45.0. The number of H-pyrrole nitrogens is 1. The van der Waals surface area contributed by atoms with E-state index in [9.17, 15) is 24.3 Å². The topological polar surface area (TPSA) is 270 Å². The van der Waals surface area contributed by atoms with Gasteiger partial charge in [-0.15, -0.1) is 5.10 Å². The third-order valence-electron chi connectivity index (χ3n) is 8.80. The predicted molar refractivity (Wildman–Crippen MR) is 153 cm³/mol. The van der Waals surface area contributed by atoms with Crippen LogP contribution in [0.4, 0.5) is 5.82 Å². The summed E-state index contributed by atoms with van der Waals surface area (Å²) in [6, 6.07) is -0.691. The molecule has 2 aliphatic heterocycles. The molecule has 6 N–H and O–H groups in total. The lowest BCUT2D eigenvalue weighted by atomic mass is 10.0. The fourth-order valence-corrected chi connectivity index (χ4v) is 9.26. The molecule has 4 aromatic heterocycles. The maximum atomic E-state index is 13.4. The SMILES string of the molecule is Cc1nc2c(nnn2[C@@H]2O[C@@H]3COP(O)(=S)O[C@H]4[C@@H](O)[C@H](n5cnc6c(N)ncnc65)[C@H]5C[C@]54COP(=O)(O)O[C@@H]2C3)c(=O)[nH]1. The molecule has 2 aliphatic carbocycles. The number of phosphoric ester groups is 1. The van der Waals surface area contributed by atoms with E-state index < -0.39 is 68.8 Å². The summed E-state index contributed by atoms with van der Waals surface area (Å²) in [5.41, 5.74) is 5.07. The van der Waals surface area contributed by atoms with E-state index in [2.05, 4.69) is 35.2 Å². The number of aryl methyl sites for hydroxylation is 1. The molecule has 0 radical (unpaired) electrons. The standard InChI is InChI=1S/C22H26N10O10P2S/c1-8-27-19-13(20(34)28-8)29-30-32(19)21-11-2-9(40-21)4-38-44(37,45)42-16-15(33)14(10-3-22(10,16)5-39-43(35,36)41-11)31-7-26-12-17(23)24-6-25-18(12)31/h6-7,9-11,14-16,21,33H,2-5H2,1H3,(H,35,36)(H,37,45)(H2,23,24,25)(H,27,28,34)/t9-,10+,11+,14+,15-,16-,21+,22-,44?/m0/s1. The Morgan fingerprint density at radius 3 is 2.82 bits per heavy atom. The van der Waals surface area contributed by atoms with Crippen LogP contribution >= 0.6 is 14.5 Å².